The minimum Gasteiger partial charge on any atom is -0.368 e. The molecule has 1 aliphatic rings. The zero-order valence-electron chi connectivity index (χ0n) is 14.3. The molecule has 1 heterocycles. The number of halogens is 1. The van der Waals surface area contributed by atoms with Gasteiger partial charge in [-0.3, -0.25) is 4.79 Å². The van der Waals surface area contributed by atoms with Crippen LogP contribution in [0.4, 0.5) is 20.6 Å². The highest BCUT2D eigenvalue weighted by molar-refractivity contribution is 5.92. The predicted molar refractivity (Wildman–Crippen MR) is 98.7 cm³/mol. The van der Waals surface area contributed by atoms with Crippen molar-refractivity contribution in [3.8, 4) is 0 Å². The highest BCUT2D eigenvalue weighted by Crippen LogP contribution is 2.16. The third-order valence-electron chi connectivity index (χ3n) is 4.26. The van der Waals surface area contributed by atoms with E-state index in [9.17, 15) is 14.0 Å². The van der Waals surface area contributed by atoms with Crippen molar-refractivity contribution >= 4 is 23.3 Å². The minimum absolute atomic E-state index is 0.0464. The van der Waals surface area contributed by atoms with Gasteiger partial charge in [0.2, 0.25) is 5.91 Å². The van der Waals surface area contributed by atoms with Gasteiger partial charge in [0.25, 0.3) is 0 Å². The monoisotopic (exact) mass is 356 g/mol. The fourth-order valence-electron chi connectivity index (χ4n) is 2.83. The average Bonchev–Trinajstić information content (AvgIpc) is 2.68. The van der Waals surface area contributed by atoms with Crippen molar-refractivity contribution < 1.29 is 14.0 Å². The van der Waals surface area contributed by atoms with E-state index in [0.717, 1.165) is 5.69 Å². The number of para-hydroxylation sites is 1. The number of urea groups is 1. The molecule has 7 heteroatoms. The lowest BCUT2D eigenvalue weighted by Crippen LogP contribution is -2.51. The fourth-order valence-corrected chi connectivity index (χ4v) is 2.83. The molecular weight excluding hydrogens is 335 g/mol. The zero-order chi connectivity index (χ0) is 18.4. The number of carbonyl (C=O) groups excluding carboxylic acids is 2. The largest absolute Gasteiger partial charge is 0.368 e. The lowest BCUT2D eigenvalue weighted by atomic mass is 10.2. The molecule has 1 aliphatic heterocycles. The van der Waals surface area contributed by atoms with Crippen LogP contribution in [0, 0.1) is 5.82 Å². The van der Waals surface area contributed by atoms with Gasteiger partial charge in [-0.2, -0.15) is 0 Å². The van der Waals surface area contributed by atoms with Gasteiger partial charge in [0.05, 0.1) is 6.54 Å². The van der Waals surface area contributed by atoms with Gasteiger partial charge >= 0.3 is 6.03 Å². The molecule has 3 rings (SSSR count). The van der Waals surface area contributed by atoms with E-state index in [1.165, 1.54) is 12.1 Å². The first-order valence-corrected chi connectivity index (χ1v) is 8.50. The third kappa shape index (κ3) is 4.72. The van der Waals surface area contributed by atoms with E-state index in [0.29, 0.717) is 31.9 Å². The van der Waals surface area contributed by atoms with E-state index in [4.69, 9.17) is 0 Å². The Morgan fingerprint density at radius 2 is 1.58 bits per heavy atom. The summed E-state index contributed by atoms with van der Waals surface area (Å²) in [6, 6.07) is 15.0. The molecule has 26 heavy (non-hydrogen) atoms. The topological polar surface area (TPSA) is 64.7 Å². The molecule has 0 radical (unpaired) electrons. The number of piperazine rings is 1. The van der Waals surface area contributed by atoms with Crippen LogP contribution in [0.3, 0.4) is 0 Å². The number of rotatable bonds is 4. The van der Waals surface area contributed by atoms with Gasteiger partial charge in [0.15, 0.2) is 0 Å². The number of carbonyl (C=O) groups is 2. The van der Waals surface area contributed by atoms with E-state index in [1.54, 1.807) is 29.2 Å². The van der Waals surface area contributed by atoms with Crippen molar-refractivity contribution in [3.63, 3.8) is 0 Å². The summed E-state index contributed by atoms with van der Waals surface area (Å²) in [5.41, 5.74) is 1.62. The quantitative estimate of drug-likeness (QED) is 0.884. The lowest BCUT2D eigenvalue weighted by Gasteiger charge is -2.36. The first kappa shape index (κ1) is 17.7. The molecule has 1 fully saturated rings. The van der Waals surface area contributed by atoms with Gasteiger partial charge in [-0.1, -0.05) is 18.2 Å². The van der Waals surface area contributed by atoms with Gasteiger partial charge in [0, 0.05) is 37.6 Å². The summed E-state index contributed by atoms with van der Waals surface area (Å²) in [6.07, 6.45) is 0. The molecule has 0 aromatic heterocycles. The van der Waals surface area contributed by atoms with E-state index in [1.807, 2.05) is 18.2 Å². The van der Waals surface area contributed by atoms with Gasteiger partial charge in [-0.05, 0) is 36.4 Å². The Morgan fingerprint density at radius 1 is 0.923 bits per heavy atom. The Kier molecular flexibility index (Phi) is 5.68. The zero-order valence-corrected chi connectivity index (χ0v) is 14.3. The van der Waals surface area contributed by atoms with Crippen LogP contribution in [0.2, 0.25) is 0 Å². The van der Waals surface area contributed by atoms with Crippen LogP contribution in [-0.2, 0) is 4.79 Å². The summed E-state index contributed by atoms with van der Waals surface area (Å²) in [7, 11) is 0. The molecule has 3 amide bonds. The van der Waals surface area contributed by atoms with Crippen LogP contribution in [0.1, 0.15) is 0 Å². The molecule has 0 spiro atoms. The van der Waals surface area contributed by atoms with Crippen LogP contribution >= 0.6 is 0 Å². The smallest absolute Gasteiger partial charge is 0.319 e. The molecule has 0 unspecified atom stereocenters. The number of hydrogen-bond donors (Lipinski definition) is 2. The molecule has 0 aliphatic carbocycles. The van der Waals surface area contributed by atoms with E-state index in [2.05, 4.69) is 15.5 Å². The molecular formula is C19H21FN4O2. The van der Waals surface area contributed by atoms with Crippen molar-refractivity contribution in [2.24, 2.45) is 0 Å². The Labute approximate surface area is 151 Å². The SMILES string of the molecule is O=C(NCC(=O)N1CCN(c2ccc(F)cc2)CC1)Nc1ccccc1. The van der Waals surface area contributed by atoms with Crippen LogP contribution < -0.4 is 15.5 Å². The minimum atomic E-state index is -0.408. The van der Waals surface area contributed by atoms with Crippen molar-refractivity contribution in [3.05, 3.63) is 60.4 Å². The van der Waals surface area contributed by atoms with E-state index >= 15 is 0 Å². The maximum Gasteiger partial charge on any atom is 0.319 e. The van der Waals surface area contributed by atoms with Crippen molar-refractivity contribution in [2.75, 3.05) is 42.9 Å². The van der Waals surface area contributed by atoms with Crippen molar-refractivity contribution in [1.82, 2.24) is 10.2 Å². The number of anilines is 2. The molecule has 2 N–H and O–H groups in total. The second kappa shape index (κ2) is 8.33. The van der Waals surface area contributed by atoms with Crippen LogP contribution in [-0.4, -0.2) is 49.6 Å². The summed E-state index contributed by atoms with van der Waals surface area (Å²) in [5.74, 6) is -0.380. The first-order chi connectivity index (χ1) is 12.6. The number of benzene rings is 2. The van der Waals surface area contributed by atoms with Gasteiger partial charge in [-0.25, -0.2) is 9.18 Å². The van der Waals surface area contributed by atoms with Gasteiger partial charge in [0.1, 0.15) is 5.82 Å². The molecule has 2 aromatic carbocycles. The van der Waals surface area contributed by atoms with Crippen LogP contribution in [0.15, 0.2) is 54.6 Å². The summed E-state index contributed by atoms with van der Waals surface area (Å²) in [4.78, 5) is 27.9. The molecule has 0 saturated carbocycles. The Balaban J connectivity index is 1.42. The van der Waals surface area contributed by atoms with Crippen LogP contribution in [0.25, 0.3) is 0 Å². The summed E-state index contributed by atoms with van der Waals surface area (Å²) < 4.78 is 13.0. The molecule has 2 aromatic rings. The molecule has 6 nitrogen and oxygen atoms in total. The molecule has 1 saturated heterocycles. The van der Waals surface area contributed by atoms with Gasteiger partial charge in [-0.15, -0.1) is 0 Å². The normalized spacial score (nSPS) is 14.0. The van der Waals surface area contributed by atoms with Crippen LogP contribution in [0.5, 0.6) is 0 Å². The number of nitrogens with one attached hydrogen (secondary N) is 2. The van der Waals surface area contributed by atoms with E-state index < -0.39 is 6.03 Å². The summed E-state index contributed by atoms with van der Waals surface area (Å²) in [5, 5.41) is 5.25. The lowest BCUT2D eigenvalue weighted by molar-refractivity contribution is -0.130. The summed E-state index contributed by atoms with van der Waals surface area (Å²) >= 11 is 0. The highest BCUT2D eigenvalue weighted by atomic mass is 19.1. The Hall–Kier alpha value is -3.09. The van der Waals surface area contributed by atoms with E-state index in [-0.39, 0.29) is 18.3 Å². The summed E-state index contributed by atoms with van der Waals surface area (Å²) in [6.45, 7) is 2.44. The molecule has 0 bridgehead atoms. The maximum absolute atomic E-state index is 13.0. The number of nitrogens with zero attached hydrogens (tertiary/aromatic N) is 2. The number of amides is 3. The standard InChI is InChI=1S/C19H21FN4O2/c20-15-6-8-17(9-7-15)23-10-12-24(13-11-23)18(25)14-21-19(26)22-16-4-2-1-3-5-16/h1-9H,10-14H2,(H2,21,22,26). The average molecular weight is 356 g/mol. The second-order valence-electron chi connectivity index (χ2n) is 6.02. The Morgan fingerprint density at radius 3 is 2.23 bits per heavy atom. The molecule has 136 valence electrons. The highest BCUT2D eigenvalue weighted by Gasteiger charge is 2.21. The van der Waals surface area contributed by atoms with Gasteiger partial charge < -0.3 is 20.4 Å². The second-order valence-corrected chi connectivity index (χ2v) is 6.02. The first-order valence-electron chi connectivity index (χ1n) is 8.50. The van der Waals surface area contributed by atoms with Crippen molar-refractivity contribution in [2.45, 2.75) is 0 Å². The fraction of sp³-hybridized carbons (Fsp3) is 0.263. The maximum atomic E-state index is 13.0. The number of hydrogen-bond acceptors (Lipinski definition) is 3. The Bertz CT molecular complexity index is 744. The predicted octanol–water partition coefficient (Wildman–Crippen LogP) is 2.30. The van der Waals surface area contributed by atoms with Crippen molar-refractivity contribution in [1.29, 1.82) is 0 Å². The third-order valence-corrected chi connectivity index (χ3v) is 4.26. The molecule has 0 atom stereocenters.